The SMILES string of the molecule is O=C(NCc1ccc(-c2ccoc2)nc1)N(c1ccccc1)c1ccccc1. The molecule has 0 aliphatic rings. The maximum Gasteiger partial charge on any atom is 0.326 e. The van der Waals surface area contributed by atoms with Crippen LogP contribution in [0.5, 0.6) is 0 Å². The van der Waals surface area contributed by atoms with Crippen molar-refractivity contribution in [3.63, 3.8) is 0 Å². The summed E-state index contributed by atoms with van der Waals surface area (Å²) in [5.74, 6) is 0. The largest absolute Gasteiger partial charge is 0.472 e. The van der Waals surface area contributed by atoms with Crippen LogP contribution in [0.25, 0.3) is 11.3 Å². The molecule has 5 heteroatoms. The molecule has 4 rings (SSSR count). The predicted octanol–water partition coefficient (Wildman–Crippen LogP) is 5.39. The van der Waals surface area contributed by atoms with Gasteiger partial charge in [-0.2, -0.15) is 0 Å². The van der Waals surface area contributed by atoms with Crippen molar-refractivity contribution >= 4 is 17.4 Å². The number of rotatable bonds is 5. The van der Waals surface area contributed by atoms with Gasteiger partial charge in [-0.25, -0.2) is 4.79 Å². The van der Waals surface area contributed by atoms with Gasteiger partial charge in [-0.05, 0) is 42.0 Å². The van der Waals surface area contributed by atoms with Crippen molar-refractivity contribution in [2.24, 2.45) is 0 Å². The van der Waals surface area contributed by atoms with Crippen molar-refractivity contribution in [1.82, 2.24) is 10.3 Å². The van der Waals surface area contributed by atoms with Crippen LogP contribution in [0.15, 0.2) is 102 Å². The van der Waals surface area contributed by atoms with Crippen LogP contribution in [0.1, 0.15) is 5.56 Å². The smallest absolute Gasteiger partial charge is 0.326 e. The average Bonchev–Trinajstić information content (AvgIpc) is 3.29. The molecule has 0 aliphatic carbocycles. The predicted molar refractivity (Wildman–Crippen MR) is 109 cm³/mol. The molecular weight excluding hydrogens is 350 g/mol. The number of pyridine rings is 1. The third kappa shape index (κ3) is 3.94. The Labute approximate surface area is 163 Å². The van der Waals surface area contributed by atoms with Gasteiger partial charge in [0.05, 0.1) is 29.6 Å². The number of aromatic nitrogens is 1. The molecule has 1 N–H and O–H groups in total. The van der Waals surface area contributed by atoms with E-state index in [0.29, 0.717) is 6.54 Å². The fraction of sp³-hybridized carbons (Fsp3) is 0.0435. The number of carbonyl (C=O) groups excluding carboxylic acids is 1. The lowest BCUT2D eigenvalue weighted by Crippen LogP contribution is -2.36. The highest BCUT2D eigenvalue weighted by molar-refractivity contribution is 5.99. The molecule has 28 heavy (non-hydrogen) atoms. The van der Waals surface area contributed by atoms with Crippen molar-refractivity contribution in [3.8, 4) is 11.3 Å². The molecule has 0 atom stereocenters. The average molecular weight is 369 g/mol. The Morgan fingerprint density at radius 2 is 1.57 bits per heavy atom. The van der Waals surface area contributed by atoms with Crippen LogP contribution >= 0.6 is 0 Å². The van der Waals surface area contributed by atoms with E-state index in [1.54, 1.807) is 23.6 Å². The molecule has 0 spiro atoms. The Morgan fingerprint density at radius 3 is 2.11 bits per heavy atom. The molecule has 0 bridgehead atoms. The lowest BCUT2D eigenvalue weighted by atomic mass is 10.2. The van der Waals surface area contributed by atoms with Gasteiger partial charge in [0.15, 0.2) is 0 Å². The van der Waals surface area contributed by atoms with Gasteiger partial charge in [0.25, 0.3) is 0 Å². The topological polar surface area (TPSA) is 58.4 Å². The number of nitrogens with one attached hydrogen (secondary N) is 1. The minimum Gasteiger partial charge on any atom is -0.472 e. The molecule has 138 valence electrons. The zero-order valence-electron chi connectivity index (χ0n) is 15.2. The van der Waals surface area contributed by atoms with E-state index in [9.17, 15) is 4.79 Å². The van der Waals surface area contributed by atoms with E-state index in [2.05, 4.69) is 10.3 Å². The van der Waals surface area contributed by atoms with E-state index >= 15 is 0 Å². The van der Waals surface area contributed by atoms with Gasteiger partial charge in [0, 0.05) is 18.3 Å². The van der Waals surface area contributed by atoms with Crippen molar-refractivity contribution < 1.29 is 9.21 Å². The summed E-state index contributed by atoms with van der Waals surface area (Å²) >= 11 is 0. The maximum atomic E-state index is 13.0. The highest BCUT2D eigenvalue weighted by atomic mass is 16.3. The molecule has 2 aromatic carbocycles. The highest BCUT2D eigenvalue weighted by Crippen LogP contribution is 2.25. The number of amides is 2. The van der Waals surface area contributed by atoms with Crippen LogP contribution in [0.4, 0.5) is 16.2 Å². The second-order valence-corrected chi connectivity index (χ2v) is 6.23. The fourth-order valence-corrected chi connectivity index (χ4v) is 2.90. The molecule has 4 aromatic rings. The second-order valence-electron chi connectivity index (χ2n) is 6.23. The Balaban J connectivity index is 1.49. The van der Waals surface area contributed by atoms with Crippen molar-refractivity contribution in [2.45, 2.75) is 6.54 Å². The Hall–Kier alpha value is -3.86. The van der Waals surface area contributed by atoms with Crippen LogP contribution < -0.4 is 10.2 Å². The zero-order valence-corrected chi connectivity index (χ0v) is 15.2. The standard InChI is InChI=1S/C23H19N3O2/c27-23(25-16-18-11-12-22(24-15-18)19-13-14-28-17-19)26(20-7-3-1-4-8-20)21-9-5-2-6-10-21/h1-15,17H,16H2,(H,25,27). The van der Waals surface area contributed by atoms with Crippen LogP contribution in [0.3, 0.4) is 0 Å². The monoisotopic (exact) mass is 369 g/mol. The van der Waals surface area contributed by atoms with Crippen LogP contribution in [0, 0.1) is 0 Å². The van der Waals surface area contributed by atoms with Crippen molar-refractivity contribution in [1.29, 1.82) is 0 Å². The molecule has 0 fully saturated rings. The number of para-hydroxylation sites is 2. The normalized spacial score (nSPS) is 10.4. The molecular formula is C23H19N3O2. The van der Waals surface area contributed by atoms with Gasteiger partial charge in [-0.1, -0.05) is 42.5 Å². The molecule has 5 nitrogen and oxygen atoms in total. The van der Waals surface area contributed by atoms with E-state index in [-0.39, 0.29) is 6.03 Å². The van der Waals surface area contributed by atoms with E-state index in [1.807, 2.05) is 78.9 Å². The third-order valence-electron chi connectivity index (χ3n) is 4.32. The van der Waals surface area contributed by atoms with Gasteiger partial charge in [0.1, 0.15) is 0 Å². The second kappa shape index (κ2) is 8.22. The minimum absolute atomic E-state index is 0.198. The summed E-state index contributed by atoms with van der Waals surface area (Å²) in [4.78, 5) is 19.0. The first-order valence-corrected chi connectivity index (χ1v) is 8.97. The first-order chi connectivity index (χ1) is 13.8. The van der Waals surface area contributed by atoms with E-state index in [4.69, 9.17) is 4.42 Å². The molecule has 0 aliphatic heterocycles. The number of hydrogen-bond donors (Lipinski definition) is 1. The molecule has 0 saturated carbocycles. The van der Waals surface area contributed by atoms with Gasteiger partial charge in [-0.3, -0.25) is 9.88 Å². The van der Waals surface area contributed by atoms with Crippen LogP contribution in [-0.2, 0) is 6.54 Å². The van der Waals surface area contributed by atoms with E-state index < -0.39 is 0 Å². The summed E-state index contributed by atoms with van der Waals surface area (Å²) in [5.41, 5.74) is 4.29. The Morgan fingerprint density at radius 1 is 0.893 bits per heavy atom. The quantitative estimate of drug-likeness (QED) is 0.513. The van der Waals surface area contributed by atoms with Crippen LogP contribution in [0.2, 0.25) is 0 Å². The van der Waals surface area contributed by atoms with Gasteiger partial charge in [-0.15, -0.1) is 0 Å². The van der Waals surface area contributed by atoms with Gasteiger partial charge >= 0.3 is 6.03 Å². The Kier molecular flexibility index (Phi) is 5.15. The minimum atomic E-state index is -0.198. The molecule has 2 heterocycles. The van der Waals surface area contributed by atoms with Crippen molar-refractivity contribution in [3.05, 3.63) is 103 Å². The molecule has 2 aromatic heterocycles. The van der Waals surface area contributed by atoms with Crippen LogP contribution in [-0.4, -0.2) is 11.0 Å². The number of furan rings is 1. The summed E-state index contributed by atoms with van der Waals surface area (Å²) in [7, 11) is 0. The van der Waals surface area contributed by atoms with Gasteiger partial charge in [0.2, 0.25) is 0 Å². The number of carbonyl (C=O) groups is 1. The summed E-state index contributed by atoms with van der Waals surface area (Å²) < 4.78 is 5.09. The first-order valence-electron chi connectivity index (χ1n) is 8.97. The number of urea groups is 1. The summed E-state index contributed by atoms with van der Waals surface area (Å²) in [6, 6.07) is 24.7. The van der Waals surface area contributed by atoms with Crippen molar-refractivity contribution in [2.75, 3.05) is 4.90 Å². The number of hydrogen-bond acceptors (Lipinski definition) is 3. The summed E-state index contributed by atoms with van der Waals surface area (Å²) in [6.45, 7) is 0.383. The molecule has 0 unspecified atom stereocenters. The van der Waals surface area contributed by atoms with Gasteiger partial charge < -0.3 is 9.73 Å². The van der Waals surface area contributed by atoms with E-state index in [0.717, 1.165) is 28.2 Å². The number of nitrogens with zero attached hydrogens (tertiary/aromatic N) is 2. The zero-order chi connectivity index (χ0) is 19.2. The maximum absolute atomic E-state index is 13.0. The summed E-state index contributed by atoms with van der Waals surface area (Å²) in [5, 5.41) is 2.98. The Bertz CT molecular complexity index is 975. The highest BCUT2D eigenvalue weighted by Gasteiger charge is 2.17. The van der Waals surface area contributed by atoms with E-state index in [1.165, 1.54) is 0 Å². The first kappa shape index (κ1) is 17.5. The third-order valence-corrected chi connectivity index (χ3v) is 4.32. The number of anilines is 2. The lowest BCUT2D eigenvalue weighted by Gasteiger charge is -2.23. The number of benzene rings is 2. The molecule has 0 saturated heterocycles. The lowest BCUT2D eigenvalue weighted by molar-refractivity contribution is 0.248. The molecule has 0 radical (unpaired) electrons. The summed E-state index contributed by atoms with van der Waals surface area (Å²) in [6.07, 6.45) is 5.03. The molecule has 2 amide bonds. The fourth-order valence-electron chi connectivity index (χ4n) is 2.90.